The molecule has 0 saturated heterocycles. The Hall–Kier alpha value is -1.14. The number of carbonyl (C=O) groups is 2. The summed E-state index contributed by atoms with van der Waals surface area (Å²) in [5.41, 5.74) is 4.85. The van der Waals surface area contributed by atoms with Crippen LogP contribution in [0.15, 0.2) is 0 Å². The maximum atomic E-state index is 9.72. The van der Waals surface area contributed by atoms with Gasteiger partial charge in [0, 0.05) is 0 Å². The van der Waals surface area contributed by atoms with E-state index in [1.54, 1.807) is 0 Å². The number of aliphatic carboxylic acids is 1. The fraction of sp³-hybridized carbons (Fsp3) is 0.667. The van der Waals surface area contributed by atoms with Crippen molar-refractivity contribution in [3.63, 3.8) is 0 Å². The van der Waals surface area contributed by atoms with Gasteiger partial charge in [0.1, 0.15) is 13.3 Å². The molecule has 12 heavy (non-hydrogen) atoms. The molecule has 0 saturated carbocycles. The Morgan fingerprint density at radius 2 is 2.25 bits per heavy atom. The van der Waals surface area contributed by atoms with E-state index in [1.165, 1.54) is 0 Å². The number of hydrogen-bond donors (Lipinski definition) is 3. The molecule has 0 spiro atoms. The Labute approximate surface area is 70.7 Å². The van der Waals surface area contributed by atoms with Crippen LogP contribution in [0.1, 0.15) is 6.92 Å². The molecule has 0 aromatic carbocycles. The average Bonchev–Trinajstić information content (AvgIpc) is 1.99. The fourth-order valence-electron chi connectivity index (χ4n) is 0.231. The van der Waals surface area contributed by atoms with Crippen LogP contribution in [0.4, 0.5) is 0 Å². The second-order valence-electron chi connectivity index (χ2n) is 1.62. The lowest BCUT2D eigenvalue weighted by molar-refractivity contribution is -0.142. The monoisotopic (exact) mass is 178 g/mol. The topological polar surface area (TPSA) is 102 Å². The zero-order valence-corrected chi connectivity index (χ0v) is 6.95. The molecule has 0 aliphatic carbocycles. The van der Waals surface area contributed by atoms with Crippen molar-refractivity contribution in [1.29, 1.82) is 0 Å². The highest BCUT2D eigenvalue weighted by molar-refractivity contribution is 5.68. The standard InChI is InChI=1S/C4H7NO4.C2H7N/c6-2-5-3-9-1-4(7)8;1-2-3/h2H,1,3H2,(H,5,6)(H,7,8);2-3H2,1H3. The molecule has 0 unspecified atom stereocenters. The van der Waals surface area contributed by atoms with Gasteiger partial charge < -0.3 is 20.9 Å². The number of amides is 1. The van der Waals surface area contributed by atoms with Gasteiger partial charge in [-0.15, -0.1) is 0 Å². The van der Waals surface area contributed by atoms with Crippen molar-refractivity contribution in [3.05, 3.63) is 0 Å². The number of nitrogens with two attached hydrogens (primary N) is 1. The van der Waals surface area contributed by atoms with Crippen LogP contribution < -0.4 is 11.1 Å². The molecular weight excluding hydrogens is 164 g/mol. The Bertz CT molecular complexity index is 118. The Morgan fingerprint density at radius 1 is 1.75 bits per heavy atom. The first-order valence-corrected chi connectivity index (χ1v) is 3.35. The van der Waals surface area contributed by atoms with Gasteiger partial charge in [0.25, 0.3) is 0 Å². The van der Waals surface area contributed by atoms with Crippen molar-refractivity contribution in [2.45, 2.75) is 6.92 Å². The average molecular weight is 178 g/mol. The number of carboxylic acids is 1. The molecule has 1 amide bonds. The summed E-state index contributed by atoms with van der Waals surface area (Å²) in [4.78, 5) is 19.2. The molecule has 72 valence electrons. The van der Waals surface area contributed by atoms with Crippen LogP contribution in [0.2, 0.25) is 0 Å². The summed E-state index contributed by atoms with van der Waals surface area (Å²) in [6, 6.07) is 0. The number of rotatable bonds is 5. The summed E-state index contributed by atoms with van der Waals surface area (Å²) >= 11 is 0. The molecule has 0 rings (SSSR count). The molecule has 0 aromatic heterocycles. The summed E-state index contributed by atoms with van der Waals surface area (Å²) in [5.74, 6) is -1.05. The van der Waals surface area contributed by atoms with Crippen LogP contribution in [0.3, 0.4) is 0 Å². The third-order valence-corrected chi connectivity index (χ3v) is 0.494. The third-order valence-electron chi connectivity index (χ3n) is 0.494. The SMILES string of the molecule is CCN.O=CNCOCC(=O)O. The minimum Gasteiger partial charge on any atom is -0.480 e. The second kappa shape index (κ2) is 12.5. The Morgan fingerprint density at radius 3 is 2.58 bits per heavy atom. The van der Waals surface area contributed by atoms with Gasteiger partial charge >= 0.3 is 5.97 Å². The fourth-order valence-corrected chi connectivity index (χ4v) is 0.231. The first kappa shape index (κ1) is 13.4. The molecule has 0 heterocycles. The van der Waals surface area contributed by atoms with Gasteiger partial charge in [-0.25, -0.2) is 4.79 Å². The zero-order valence-electron chi connectivity index (χ0n) is 6.95. The molecule has 6 heteroatoms. The maximum absolute atomic E-state index is 9.72. The molecule has 0 fully saturated rings. The number of ether oxygens (including phenoxy) is 1. The van der Waals surface area contributed by atoms with Crippen molar-refractivity contribution in [2.75, 3.05) is 19.9 Å². The lowest BCUT2D eigenvalue weighted by Gasteiger charge is -1.96. The summed E-state index contributed by atoms with van der Waals surface area (Å²) in [6.45, 7) is 2.20. The van der Waals surface area contributed by atoms with Gasteiger partial charge in [-0.1, -0.05) is 6.92 Å². The van der Waals surface area contributed by atoms with E-state index in [1.807, 2.05) is 6.92 Å². The van der Waals surface area contributed by atoms with E-state index in [9.17, 15) is 9.59 Å². The van der Waals surface area contributed by atoms with E-state index in [0.29, 0.717) is 6.41 Å². The maximum Gasteiger partial charge on any atom is 0.329 e. The van der Waals surface area contributed by atoms with Gasteiger partial charge in [-0.05, 0) is 6.54 Å². The normalized spacial score (nSPS) is 7.83. The molecule has 0 aromatic rings. The highest BCUT2D eigenvalue weighted by Crippen LogP contribution is 1.68. The van der Waals surface area contributed by atoms with Crippen LogP contribution in [0, 0.1) is 0 Å². The van der Waals surface area contributed by atoms with Crippen LogP contribution in [-0.2, 0) is 14.3 Å². The third kappa shape index (κ3) is 23.2. The number of carbonyl (C=O) groups excluding carboxylic acids is 1. The summed E-state index contributed by atoms with van der Waals surface area (Å²) in [5, 5.41) is 10.1. The van der Waals surface area contributed by atoms with Crippen molar-refractivity contribution in [1.82, 2.24) is 5.32 Å². The van der Waals surface area contributed by atoms with Crippen molar-refractivity contribution < 1.29 is 19.4 Å². The molecule has 4 N–H and O–H groups in total. The molecule has 0 aliphatic rings. The van der Waals surface area contributed by atoms with Crippen LogP contribution in [-0.4, -0.2) is 37.4 Å². The first-order valence-electron chi connectivity index (χ1n) is 3.35. The van der Waals surface area contributed by atoms with Gasteiger partial charge in [0.2, 0.25) is 6.41 Å². The van der Waals surface area contributed by atoms with Gasteiger partial charge in [0.05, 0.1) is 0 Å². The molecule has 0 atom stereocenters. The van der Waals surface area contributed by atoms with Crippen LogP contribution >= 0.6 is 0 Å². The minimum absolute atomic E-state index is 0.0597. The minimum atomic E-state index is -1.05. The predicted octanol–water partition coefficient (Wildman–Crippen LogP) is -1.24. The number of nitrogens with one attached hydrogen (secondary N) is 1. The van der Waals surface area contributed by atoms with E-state index in [0.717, 1.165) is 6.54 Å². The number of carboxylic acid groups (broad SMARTS) is 1. The quantitative estimate of drug-likeness (QED) is 0.277. The van der Waals surface area contributed by atoms with E-state index in [2.05, 4.69) is 10.1 Å². The number of hydrogen-bond acceptors (Lipinski definition) is 4. The Balaban J connectivity index is 0. The highest BCUT2D eigenvalue weighted by atomic mass is 16.5. The highest BCUT2D eigenvalue weighted by Gasteiger charge is 1.92. The van der Waals surface area contributed by atoms with E-state index in [4.69, 9.17) is 10.8 Å². The zero-order chi connectivity index (χ0) is 9.82. The second-order valence-corrected chi connectivity index (χ2v) is 1.62. The summed E-state index contributed by atoms with van der Waals surface area (Å²) in [7, 11) is 0. The van der Waals surface area contributed by atoms with Crippen LogP contribution in [0.25, 0.3) is 0 Å². The largest absolute Gasteiger partial charge is 0.480 e. The van der Waals surface area contributed by atoms with Crippen molar-refractivity contribution >= 4 is 12.4 Å². The van der Waals surface area contributed by atoms with Gasteiger partial charge in [-0.2, -0.15) is 0 Å². The predicted molar refractivity (Wildman–Crippen MR) is 42.4 cm³/mol. The van der Waals surface area contributed by atoms with E-state index < -0.39 is 5.97 Å². The molecule has 6 nitrogen and oxygen atoms in total. The first-order chi connectivity index (χ1) is 5.68. The molecule has 0 radical (unpaired) electrons. The van der Waals surface area contributed by atoms with Gasteiger partial charge in [-0.3, -0.25) is 4.79 Å². The molecular formula is C6H14N2O4. The van der Waals surface area contributed by atoms with Crippen LogP contribution in [0.5, 0.6) is 0 Å². The van der Waals surface area contributed by atoms with Crippen molar-refractivity contribution in [3.8, 4) is 0 Å². The van der Waals surface area contributed by atoms with E-state index in [-0.39, 0.29) is 13.3 Å². The van der Waals surface area contributed by atoms with Crippen molar-refractivity contribution in [2.24, 2.45) is 5.73 Å². The molecule has 0 aliphatic heterocycles. The molecule has 0 bridgehead atoms. The smallest absolute Gasteiger partial charge is 0.329 e. The lowest BCUT2D eigenvalue weighted by atomic mass is 10.7. The summed E-state index contributed by atoms with van der Waals surface area (Å²) < 4.78 is 4.39. The van der Waals surface area contributed by atoms with E-state index >= 15 is 0 Å². The Kier molecular flexibility index (Phi) is 14.0. The summed E-state index contributed by atoms with van der Waals surface area (Å²) in [6.07, 6.45) is 0.432. The lowest BCUT2D eigenvalue weighted by Crippen LogP contribution is -2.18. The van der Waals surface area contributed by atoms with Gasteiger partial charge in [0.15, 0.2) is 0 Å².